The number of thioether (sulfide) groups is 1. The third-order valence-corrected chi connectivity index (χ3v) is 6.55. The highest BCUT2D eigenvalue weighted by Crippen LogP contribution is 2.38. The zero-order valence-electron chi connectivity index (χ0n) is 17.6. The second kappa shape index (κ2) is 9.42. The van der Waals surface area contributed by atoms with E-state index in [9.17, 15) is 0 Å². The first-order chi connectivity index (χ1) is 15.0. The van der Waals surface area contributed by atoms with E-state index in [-0.39, 0.29) is 6.04 Å². The van der Waals surface area contributed by atoms with Crippen molar-refractivity contribution in [2.45, 2.75) is 31.2 Å². The SMILES string of the molecule is CCCN1C(=S)NC(c2cccc(Cl)c2)C(c2nc(-c3ccc(SC)cc3)no2)=C1C. The van der Waals surface area contributed by atoms with Crippen molar-refractivity contribution in [3.05, 3.63) is 70.7 Å². The van der Waals surface area contributed by atoms with E-state index >= 15 is 0 Å². The quantitative estimate of drug-likeness (QED) is 0.340. The molecule has 0 aliphatic carbocycles. The molecule has 4 rings (SSSR count). The van der Waals surface area contributed by atoms with E-state index in [1.54, 1.807) is 11.8 Å². The molecule has 5 nitrogen and oxygen atoms in total. The van der Waals surface area contributed by atoms with Gasteiger partial charge in [-0.1, -0.05) is 35.8 Å². The first kappa shape index (κ1) is 21.9. The fourth-order valence-corrected chi connectivity index (χ4v) is 4.63. The number of nitrogens with zero attached hydrogens (tertiary/aromatic N) is 3. The molecule has 2 aromatic carbocycles. The molecule has 31 heavy (non-hydrogen) atoms. The summed E-state index contributed by atoms with van der Waals surface area (Å²) in [5, 5.41) is 9.05. The van der Waals surface area contributed by atoms with Gasteiger partial charge in [0.15, 0.2) is 5.11 Å². The summed E-state index contributed by atoms with van der Waals surface area (Å²) in [5.41, 5.74) is 3.81. The van der Waals surface area contributed by atoms with Crippen LogP contribution in [0.15, 0.2) is 63.6 Å². The van der Waals surface area contributed by atoms with Crippen molar-refractivity contribution < 1.29 is 4.52 Å². The predicted molar refractivity (Wildman–Crippen MR) is 131 cm³/mol. The fraction of sp³-hybridized carbons (Fsp3) is 0.261. The van der Waals surface area contributed by atoms with Crippen molar-refractivity contribution in [3.8, 4) is 11.4 Å². The number of hydrogen-bond donors (Lipinski definition) is 1. The first-order valence-corrected chi connectivity index (χ1v) is 12.1. The summed E-state index contributed by atoms with van der Waals surface area (Å²) in [4.78, 5) is 8.02. The van der Waals surface area contributed by atoms with Gasteiger partial charge in [0, 0.05) is 27.7 Å². The first-order valence-electron chi connectivity index (χ1n) is 10.0. The highest BCUT2D eigenvalue weighted by molar-refractivity contribution is 7.98. The minimum Gasteiger partial charge on any atom is -0.351 e. The normalized spacial score (nSPS) is 16.6. The van der Waals surface area contributed by atoms with E-state index in [1.807, 2.05) is 43.3 Å². The van der Waals surface area contributed by atoms with Crippen LogP contribution in [0.25, 0.3) is 17.0 Å². The van der Waals surface area contributed by atoms with E-state index in [0.717, 1.165) is 35.4 Å². The Morgan fingerprint density at radius 1 is 1.23 bits per heavy atom. The third-order valence-electron chi connectivity index (χ3n) is 5.23. The molecule has 0 saturated heterocycles. The van der Waals surface area contributed by atoms with Crippen molar-refractivity contribution in [2.24, 2.45) is 0 Å². The number of allylic oxidation sites excluding steroid dienone is 1. The lowest BCUT2D eigenvalue weighted by Gasteiger charge is -2.37. The Morgan fingerprint density at radius 2 is 2.00 bits per heavy atom. The minimum absolute atomic E-state index is 0.230. The molecule has 0 amide bonds. The van der Waals surface area contributed by atoms with Gasteiger partial charge in [0.05, 0.1) is 11.6 Å². The lowest BCUT2D eigenvalue weighted by Crippen LogP contribution is -2.46. The number of halogens is 1. The van der Waals surface area contributed by atoms with E-state index in [4.69, 9.17) is 33.3 Å². The van der Waals surface area contributed by atoms with Gasteiger partial charge in [0.1, 0.15) is 0 Å². The lowest BCUT2D eigenvalue weighted by atomic mass is 9.95. The maximum atomic E-state index is 6.28. The molecule has 0 spiro atoms. The molecular weight excluding hydrogens is 448 g/mol. The predicted octanol–water partition coefficient (Wildman–Crippen LogP) is 6.18. The van der Waals surface area contributed by atoms with Gasteiger partial charge in [-0.15, -0.1) is 11.8 Å². The molecule has 2 heterocycles. The van der Waals surface area contributed by atoms with Crippen LogP contribution < -0.4 is 5.32 Å². The van der Waals surface area contributed by atoms with Crippen LogP contribution in [0.2, 0.25) is 5.02 Å². The highest BCUT2D eigenvalue weighted by Gasteiger charge is 2.33. The average molecular weight is 471 g/mol. The largest absolute Gasteiger partial charge is 0.351 e. The van der Waals surface area contributed by atoms with Gasteiger partial charge in [-0.25, -0.2) is 0 Å². The molecule has 3 aromatic rings. The Balaban J connectivity index is 1.79. The second-order valence-electron chi connectivity index (χ2n) is 7.24. The van der Waals surface area contributed by atoms with Gasteiger partial charge in [-0.3, -0.25) is 0 Å². The van der Waals surface area contributed by atoms with Gasteiger partial charge in [-0.2, -0.15) is 4.98 Å². The summed E-state index contributed by atoms with van der Waals surface area (Å²) in [6.07, 6.45) is 3.01. The maximum Gasteiger partial charge on any atom is 0.258 e. The zero-order valence-corrected chi connectivity index (χ0v) is 19.9. The standard InChI is InChI=1S/C23H23ClN4OS2/c1-4-12-28-14(2)19(20(25-23(28)30)16-6-5-7-17(24)13-16)22-26-21(27-29-22)15-8-10-18(31-3)11-9-15/h5-11,13,20H,4,12H2,1-3H3,(H,25,30). The molecule has 0 bridgehead atoms. The topological polar surface area (TPSA) is 54.2 Å². The van der Waals surface area contributed by atoms with Crippen molar-refractivity contribution in [3.63, 3.8) is 0 Å². The van der Waals surface area contributed by atoms with Crippen molar-refractivity contribution >= 4 is 46.3 Å². The highest BCUT2D eigenvalue weighted by atomic mass is 35.5. The van der Waals surface area contributed by atoms with Crippen molar-refractivity contribution in [2.75, 3.05) is 12.8 Å². The smallest absolute Gasteiger partial charge is 0.258 e. The van der Waals surface area contributed by atoms with Gasteiger partial charge < -0.3 is 14.7 Å². The van der Waals surface area contributed by atoms with Gasteiger partial charge in [-0.05, 0) is 73.8 Å². The molecule has 8 heteroatoms. The lowest BCUT2D eigenvalue weighted by molar-refractivity contribution is 0.396. The average Bonchev–Trinajstić information content (AvgIpc) is 3.26. The van der Waals surface area contributed by atoms with Crippen LogP contribution >= 0.6 is 35.6 Å². The zero-order chi connectivity index (χ0) is 22.0. The maximum absolute atomic E-state index is 6.28. The summed E-state index contributed by atoms with van der Waals surface area (Å²) in [6.45, 7) is 4.98. The van der Waals surface area contributed by atoms with Gasteiger partial charge >= 0.3 is 0 Å². The Labute approximate surface area is 196 Å². The summed E-state index contributed by atoms with van der Waals surface area (Å²) >= 11 is 13.6. The summed E-state index contributed by atoms with van der Waals surface area (Å²) in [6, 6.07) is 15.6. The molecule has 1 aliphatic heterocycles. The summed E-state index contributed by atoms with van der Waals surface area (Å²) < 4.78 is 5.76. The molecule has 1 N–H and O–H groups in total. The number of hydrogen-bond acceptors (Lipinski definition) is 5. The Hall–Kier alpha value is -2.35. The van der Waals surface area contributed by atoms with Gasteiger partial charge in [0.2, 0.25) is 5.82 Å². The van der Waals surface area contributed by atoms with Crippen molar-refractivity contribution in [1.82, 2.24) is 20.4 Å². The van der Waals surface area contributed by atoms with Crippen LogP contribution in [0.1, 0.15) is 37.8 Å². The fourth-order valence-electron chi connectivity index (χ4n) is 3.68. The van der Waals surface area contributed by atoms with Crippen molar-refractivity contribution in [1.29, 1.82) is 0 Å². The van der Waals surface area contributed by atoms with E-state index in [1.165, 1.54) is 4.90 Å². The van der Waals surface area contributed by atoms with Crippen LogP contribution in [-0.4, -0.2) is 33.0 Å². The van der Waals surface area contributed by atoms with E-state index < -0.39 is 0 Å². The molecule has 0 fully saturated rings. The Morgan fingerprint density at radius 3 is 2.68 bits per heavy atom. The van der Waals surface area contributed by atoms with Crippen LogP contribution in [0.4, 0.5) is 0 Å². The van der Waals surface area contributed by atoms with Gasteiger partial charge in [0.25, 0.3) is 5.89 Å². The molecular formula is C23H23ClN4OS2. The Bertz CT molecular complexity index is 1130. The number of aromatic nitrogens is 2. The molecule has 0 saturated carbocycles. The number of rotatable bonds is 6. The number of nitrogens with one attached hydrogen (secondary N) is 1. The summed E-state index contributed by atoms with van der Waals surface area (Å²) in [5.74, 6) is 1.03. The van der Waals surface area contributed by atoms with Crippen LogP contribution in [0.3, 0.4) is 0 Å². The summed E-state index contributed by atoms with van der Waals surface area (Å²) in [7, 11) is 0. The monoisotopic (exact) mass is 470 g/mol. The molecule has 1 unspecified atom stereocenters. The molecule has 1 atom stereocenters. The number of benzene rings is 2. The Kier molecular flexibility index (Phi) is 6.65. The molecule has 0 radical (unpaired) electrons. The van der Waals surface area contributed by atoms with E-state index in [0.29, 0.717) is 21.9 Å². The molecule has 1 aromatic heterocycles. The number of thiocarbonyl (C=S) groups is 1. The van der Waals surface area contributed by atoms with Crippen LogP contribution in [0, 0.1) is 0 Å². The second-order valence-corrected chi connectivity index (χ2v) is 8.94. The van der Waals surface area contributed by atoms with Crippen LogP contribution in [0.5, 0.6) is 0 Å². The minimum atomic E-state index is -0.230. The van der Waals surface area contributed by atoms with E-state index in [2.05, 4.69) is 40.7 Å². The van der Waals surface area contributed by atoms with Crippen LogP contribution in [-0.2, 0) is 0 Å². The molecule has 160 valence electrons. The third kappa shape index (κ3) is 4.49. The molecule has 1 aliphatic rings.